The summed E-state index contributed by atoms with van der Waals surface area (Å²) in [6, 6.07) is 0.436. The van der Waals surface area contributed by atoms with Gasteiger partial charge in [-0.3, -0.25) is 9.78 Å². The zero-order valence-electron chi connectivity index (χ0n) is 9.36. The molecule has 5 nitrogen and oxygen atoms in total. The van der Waals surface area contributed by atoms with Gasteiger partial charge in [0.15, 0.2) is 0 Å². The molecule has 1 amide bonds. The molecule has 1 aromatic rings. The van der Waals surface area contributed by atoms with Gasteiger partial charge in [-0.2, -0.15) is 0 Å². The van der Waals surface area contributed by atoms with Crippen LogP contribution < -0.4 is 10.6 Å². The van der Waals surface area contributed by atoms with Crippen LogP contribution in [0.4, 0.5) is 5.82 Å². The molecule has 1 aromatic heterocycles. The van der Waals surface area contributed by atoms with E-state index in [0.29, 0.717) is 19.0 Å². The Labute approximate surface area is 94.7 Å². The third-order valence-corrected chi connectivity index (χ3v) is 2.47. The molecule has 1 aliphatic rings. The first kappa shape index (κ1) is 10.9. The average molecular weight is 220 g/mol. The fourth-order valence-corrected chi connectivity index (χ4v) is 1.40. The van der Waals surface area contributed by atoms with Crippen molar-refractivity contribution in [1.29, 1.82) is 0 Å². The highest BCUT2D eigenvalue weighted by Crippen LogP contribution is 2.18. The van der Waals surface area contributed by atoms with Crippen LogP contribution in [-0.2, 0) is 4.79 Å². The number of rotatable bonds is 5. The summed E-state index contributed by atoms with van der Waals surface area (Å²) in [5.74, 6) is 0.860. The summed E-state index contributed by atoms with van der Waals surface area (Å²) < 4.78 is 0. The molecular formula is C11H16N4O. The fraction of sp³-hybridized carbons (Fsp3) is 0.545. The summed E-state index contributed by atoms with van der Waals surface area (Å²) in [5, 5.41) is 6.04. The molecule has 1 aliphatic carbocycles. The first-order valence-corrected chi connectivity index (χ1v) is 5.56. The van der Waals surface area contributed by atoms with Crippen molar-refractivity contribution in [2.24, 2.45) is 0 Å². The summed E-state index contributed by atoms with van der Waals surface area (Å²) in [4.78, 5) is 19.6. The van der Waals surface area contributed by atoms with Gasteiger partial charge in [0.2, 0.25) is 5.91 Å². The molecular weight excluding hydrogens is 204 g/mol. The number of anilines is 1. The maximum absolute atomic E-state index is 11.4. The van der Waals surface area contributed by atoms with Crippen LogP contribution in [0.25, 0.3) is 0 Å². The lowest BCUT2D eigenvalue weighted by Crippen LogP contribution is -2.27. The zero-order chi connectivity index (χ0) is 11.4. The van der Waals surface area contributed by atoms with Gasteiger partial charge < -0.3 is 10.6 Å². The van der Waals surface area contributed by atoms with Gasteiger partial charge in [-0.25, -0.2) is 4.98 Å². The van der Waals surface area contributed by atoms with Crippen molar-refractivity contribution in [1.82, 2.24) is 15.3 Å². The van der Waals surface area contributed by atoms with Gasteiger partial charge in [-0.15, -0.1) is 0 Å². The number of hydrogen-bond donors (Lipinski definition) is 2. The van der Waals surface area contributed by atoms with Crippen molar-refractivity contribution in [2.45, 2.75) is 32.2 Å². The molecule has 0 aromatic carbocycles. The second-order valence-electron chi connectivity index (χ2n) is 4.01. The van der Waals surface area contributed by atoms with Gasteiger partial charge in [0.25, 0.3) is 0 Å². The van der Waals surface area contributed by atoms with Crippen molar-refractivity contribution >= 4 is 11.7 Å². The van der Waals surface area contributed by atoms with Crippen molar-refractivity contribution in [3.05, 3.63) is 18.1 Å². The highest BCUT2D eigenvalue weighted by atomic mass is 16.1. The van der Waals surface area contributed by atoms with Crippen molar-refractivity contribution in [3.63, 3.8) is 0 Å². The largest absolute Gasteiger partial charge is 0.368 e. The number of aryl methyl sites for hydroxylation is 1. The number of hydrogen-bond acceptors (Lipinski definition) is 4. The molecule has 1 saturated carbocycles. The Morgan fingerprint density at radius 3 is 2.88 bits per heavy atom. The number of nitrogens with one attached hydrogen (secondary N) is 2. The zero-order valence-corrected chi connectivity index (χ0v) is 9.36. The lowest BCUT2D eigenvalue weighted by atomic mass is 10.3. The fourth-order valence-electron chi connectivity index (χ4n) is 1.40. The van der Waals surface area contributed by atoms with Crippen LogP contribution >= 0.6 is 0 Å². The van der Waals surface area contributed by atoms with Gasteiger partial charge in [0.05, 0.1) is 5.69 Å². The molecule has 86 valence electrons. The minimum Gasteiger partial charge on any atom is -0.368 e. The molecule has 2 N–H and O–H groups in total. The van der Waals surface area contributed by atoms with Gasteiger partial charge in [0, 0.05) is 31.4 Å². The molecule has 0 radical (unpaired) electrons. The van der Waals surface area contributed by atoms with E-state index in [-0.39, 0.29) is 5.91 Å². The average Bonchev–Trinajstić information content (AvgIpc) is 3.05. The van der Waals surface area contributed by atoms with E-state index in [1.807, 2.05) is 6.92 Å². The molecule has 0 saturated heterocycles. The molecule has 1 heterocycles. The normalized spacial score (nSPS) is 14.6. The van der Waals surface area contributed by atoms with Crippen LogP contribution in [0.1, 0.15) is 25.0 Å². The molecule has 16 heavy (non-hydrogen) atoms. The van der Waals surface area contributed by atoms with E-state index in [1.165, 1.54) is 0 Å². The van der Waals surface area contributed by atoms with Gasteiger partial charge in [-0.1, -0.05) is 0 Å². The van der Waals surface area contributed by atoms with Crippen molar-refractivity contribution < 1.29 is 4.79 Å². The maximum atomic E-state index is 11.4. The Morgan fingerprint density at radius 2 is 2.19 bits per heavy atom. The van der Waals surface area contributed by atoms with E-state index in [4.69, 9.17) is 0 Å². The van der Waals surface area contributed by atoms with Crippen molar-refractivity contribution in [3.8, 4) is 0 Å². The van der Waals surface area contributed by atoms with Crippen LogP contribution in [0.3, 0.4) is 0 Å². The third-order valence-electron chi connectivity index (χ3n) is 2.47. The standard InChI is InChI=1S/C11H16N4O/c1-8-11(14-7-6-12-8)13-5-4-10(16)15-9-2-3-9/h6-7,9H,2-5H2,1H3,(H,13,14)(H,15,16). The van der Waals surface area contributed by atoms with Crippen LogP contribution in [0, 0.1) is 6.92 Å². The first-order chi connectivity index (χ1) is 7.75. The van der Waals surface area contributed by atoms with Crippen LogP contribution in [0.2, 0.25) is 0 Å². The maximum Gasteiger partial charge on any atom is 0.221 e. The SMILES string of the molecule is Cc1nccnc1NCCC(=O)NC1CC1. The molecule has 0 bridgehead atoms. The molecule has 0 aliphatic heterocycles. The number of aromatic nitrogens is 2. The Bertz CT molecular complexity index is 376. The van der Waals surface area contributed by atoms with E-state index in [1.54, 1.807) is 12.4 Å². The summed E-state index contributed by atoms with van der Waals surface area (Å²) in [5.41, 5.74) is 0.852. The van der Waals surface area contributed by atoms with Gasteiger partial charge in [0.1, 0.15) is 5.82 Å². The number of carbonyl (C=O) groups is 1. The van der Waals surface area contributed by atoms with Crippen LogP contribution in [-0.4, -0.2) is 28.5 Å². The lowest BCUT2D eigenvalue weighted by Gasteiger charge is -2.07. The monoisotopic (exact) mass is 220 g/mol. The summed E-state index contributed by atoms with van der Waals surface area (Å²) in [6.45, 7) is 2.48. The topological polar surface area (TPSA) is 66.9 Å². The van der Waals surface area contributed by atoms with Gasteiger partial charge >= 0.3 is 0 Å². The summed E-state index contributed by atoms with van der Waals surface area (Å²) in [7, 11) is 0. The number of carbonyl (C=O) groups excluding carboxylic acids is 1. The van der Waals surface area contributed by atoms with E-state index in [9.17, 15) is 4.79 Å². The second-order valence-corrected chi connectivity index (χ2v) is 4.01. The minimum absolute atomic E-state index is 0.108. The third kappa shape index (κ3) is 3.18. The Morgan fingerprint density at radius 1 is 1.44 bits per heavy atom. The highest BCUT2D eigenvalue weighted by molar-refractivity contribution is 5.77. The summed E-state index contributed by atoms with van der Waals surface area (Å²) in [6.07, 6.45) is 6.03. The molecule has 0 unspecified atom stereocenters. The van der Waals surface area contributed by atoms with Gasteiger partial charge in [-0.05, 0) is 19.8 Å². The van der Waals surface area contributed by atoms with Crippen molar-refractivity contribution in [2.75, 3.05) is 11.9 Å². The van der Waals surface area contributed by atoms with Crippen LogP contribution in [0.5, 0.6) is 0 Å². The molecule has 0 atom stereocenters. The molecule has 2 rings (SSSR count). The molecule has 0 spiro atoms. The van der Waals surface area contributed by atoms with Crippen LogP contribution in [0.15, 0.2) is 12.4 Å². The van der Waals surface area contributed by atoms with E-state index < -0.39 is 0 Å². The predicted molar refractivity (Wildman–Crippen MR) is 61.0 cm³/mol. The first-order valence-electron chi connectivity index (χ1n) is 5.56. The molecule has 5 heteroatoms. The minimum atomic E-state index is 0.108. The Balaban J connectivity index is 1.70. The molecule has 1 fully saturated rings. The van der Waals surface area contributed by atoms with E-state index in [2.05, 4.69) is 20.6 Å². The Hall–Kier alpha value is -1.65. The lowest BCUT2D eigenvalue weighted by molar-refractivity contribution is -0.120. The number of amides is 1. The highest BCUT2D eigenvalue weighted by Gasteiger charge is 2.22. The smallest absolute Gasteiger partial charge is 0.221 e. The van der Waals surface area contributed by atoms with E-state index >= 15 is 0 Å². The Kier molecular flexibility index (Phi) is 3.34. The summed E-state index contributed by atoms with van der Waals surface area (Å²) >= 11 is 0. The van der Waals surface area contributed by atoms with E-state index in [0.717, 1.165) is 24.4 Å². The predicted octanol–water partition coefficient (Wildman–Crippen LogP) is 0.866. The number of nitrogens with zero attached hydrogens (tertiary/aromatic N) is 2. The second kappa shape index (κ2) is 4.92. The quantitative estimate of drug-likeness (QED) is 0.772.